The van der Waals surface area contributed by atoms with Crippen LogP contribution in [-0.2, 0) is 21.2 Å². The van der Waals surface area contributed by atoms with Crippen molar-refractivity contribution in [1.82, 2.24) is 4.57 Å². The molecule has 1 aromatic carbocycles. The molecule has 0 aliphatic rings. The lowest BCUT2D eigenvalue weighted by Gasteiger charge is -2.13. The van der Waals surface area contributed by atoms with E-state index < -0.39 is 9.84 Å². The Morgan fingerprint density at radius 1 is 1.17 bits per heavy atom. The topological polar surface area (TPSA) is 68.2 Å². The number of carbonyl (C=O) groups excluding carboxylic acids is 1. The number of hydrogen-bond donors (Lipinski definition) is 1. The number of sulfone groups is 1. The van der Waals surface area contributed by atoms with Crippen molar-refractivity contribution in [3.8, 4) is 0 Å². The number of aromatic nitrogens is 1. The molecule has 6 heteroatoms. The molecule has 1 amide bonds. The monoisotopic (exact) mass is 348 g/mol. The Balaban J connectivity index is 2.71. The third kappa shape index (κ3) is 3.38. The fourth-order valence-corrected chi connectivity index (χ4v) is 4.49. The highest BCUT2D eigenvalue weighted by molar-refractivity contribution is 7.91. The zero-order valence-electron chi connectivity index (χ0n) is 14.6. The Kier molecular flexibility index (Phi) is 5.49. The minimum absolute atomic E-state index is 0.192. The molecule has 24 heavy (non-hydrogen) atoms. The fourth-order valence-electron chi connectivity index (χ4n) is 2.77. The highest BCUT2D eigenvalue weighted by Crippen LogP contribution is 2.35. The second kappa shape index (κ2) is 7.21. The summed E-state index contributed by atoms with van der Waals surface area (Å²) in [7, 11) is -3.71. The van der Waals surface area contributed by atoms with Gasteiger partial charge in [0.25, 0.3) is 0 Å². The van der Waals surface area contributed by atoms with Crippen LogP contribution in [0.15, 0.2) is 40.1 Å². The van der Waals surface area contributed by atoms with E-state index >= 15 is 0 Å². The van der Waals surface area contributed by atoms with Crippen LogP contribution in [0.3, 0.4) is 0 Å². The highest BCUT2D eigenvalue weighted by Gasteiger charge is 2.29. The van der Waals surface area contributed by atoms with E-state index in [1.54, 1.807) is 37.3 Å². The maximum Gasteiger partial charge on any atom is 0.222 e. The van der Waals surface area contributed by atoms with Crippen LogP contribution in [0.1, 0.15) is 37.9 Å². The van der Waals surface area contributed by atoms with Gasteiger partial charge in [-0.15, -0.1) is 0 Å². The van der Waals surface area contributed by atoms with Crippen molar-refractivity contribution >= 4 is 21.6 Å². The van der Waals surface area contributed by atoms with Gasteiger partial charge in [0.2, 0.25) is 15.7 Å². The lowest BCUT2D eigenvalue weighted by Crippen LogP contribution is -2.15. The van der Waals surface area contributed by atoms with Gasteiger partial charge in [-0.2, -0.15) is 0 Å². The van der Waals surface area contributed by atoms with Crippen LogP contribution in [0.5, 0.6) is 0 Å². The summed E-state index contributed by atoms with van der Waals surface area (Å²) in [4.78, 5) is 12.1. The van der Waals surface area contributed by atoms with E-state index in [1.165, 1.54) is 6.92 Å². The maximum absolute atomic E-state index is 13.1. The molecule has 1 N–H and O–H groups in total. The summed E-state index contributed by atoms with van der Waals surface area (Å²) in [5.74, 6) is 0.0876. The molecule has 5 nitrogen and oxygen atoms in total. The van der Waals surface area contributed by atoms with Crippen LogP contribution in [0.2, 0.25) is 0 Å². The Labute approximate surface area is 143 Å². The number of hydrogen-bond acceptors (Lipinski definition) is 3. The number of nitrogens with zero attached hydrogens (tertiary/aromatic N) is 1. The van der Waals surface area contributed by atoms with Crippen molar-refractivity contribution in [3.05, 3.63) is 41.6 Å². The van der Waals surface area contributed by atoms with E-state index in [0.29, 0.717) is 17.9 Å². The number of anilines is 1. The molecule has 0 saturated carbocycles. The Morgan fingerprint density at radius 3 is 2.33 bits per heavy atom. The molecule has 2 rings (SSSR count). The Bertz CT molecular complexity index is 837. The Morgan fingerprint density at radius 2 is 1.79 bits per heavy atom. The largest absolute Gasteiger partial charge is 0.331 e. The normalized spacial score (nSPS) is 11.5. The zero-order valence-corrected chi connectivity index (χ0v) is 15.4. The molecule has 0 unspecified atom stereocenters. The third-order valence-corrected chi connectivity index (χ3v) is 6.05. The third-order valence-electron chi connectivity index (χ3n) is 4.13. The molecule has 0 spiro atoms. The van der Waals surface area contributed by atoms with Crippen LogP contribution in [-0.4, -0.2) is 18.9 Å². The van der Waals surface area contributed by atoms with Crippen LogP contribution in [0.4, 0.5) is 5.82 Å². The number of benzene rings is 1. The van der Waals surface area contributed by atoms with Gasteiger partial charge in [-0.1, -0.05) is 31.5 Å². The van der Waals surface area contributed by atoms with Crippen molar-refractivity contribution in [3.63, 3.8) is 0 Å². The summed E-state index contributed by atoms with van der Waals surface area (Å²) < 4.78 is 28.2. The lowest BCUT2D eigenvalue weighted by molar-refractivity contribution is -0.114. The highest BCUT2D eigenvalue weighted by atomic mass is 32.2. The molecule has 0 fully saturated rings. The first-order chi connectivity index (χ1) is 11.3. The van der Waals surface area contributed by atoms with Gasteiger partial charge >= 0.3 is 0 Å². The van der Waals surface area contributed by atoms with Crippen molar-refractivity contribution in [2.24, 2.45) is 0 Å². The van der Waals surface area contributed by atoms with Crippen LogP contribution < -0.4 is 5.32 Å². The summed E-state index contributed by atoms with van der Waals surface area (Å²) in [5.41, 5.74) is 1.54. The predicted octanol–water partition coefficient (Wildman–Crippen LogP) is 3.70. The summed E-state index contributed by atoms with van der Waals surface area (Å²) in [6, 6.07) is 8.32. The van der Waals surface area contributed by atoms with Crippen molar-refractivity contribution in [2.45, 2.75) is 56.9 Å². The van der Waals surface area contributed by atoms with Crippen molar-refractivity contribution < 1.29 is 13.2 Å². The van der Waals surface area contributed by atoms with E-state index in [-0.39, 0.29) is 15.7 Å². The minimum atomic E-state index is -3.71. The molecule has 0 saturated heterocycles. The summed E-state index contributed by atoms with van der Waals surface area (Å²) in [5, 5.41) is 2.73. The molecular weight excluding hydrogens is 324 g/mol. The van der Waals surface area contributed by atoms with Gasteiger partial charge in [-0.25, -0.2) is 8.42 Å². The van der Waals surface area contributed by atoms with E-state index in [4.69, 9.17) is 0 Å². The molecule has 0 aliphatic heterocycles. The van der Waals surface area contributed by atoms with Crippen LogP contribution in [0.25, 0.3) is 0 Å². The molecule has 2 aromatic rings. The standard InChI is InChI=1S/C18H24N2O3S/c1-5-6-12-20-14(3)13(2)17(18(20)19-15(4)21)24(22,23)16-10-8-7-9-11-16/h7-11H,5-6,12H2,1-4H3,(H,19,21). The smallest absolute Gasteiger partial charge is 0.222 e. The van der Waals surface area contributed by atoms with E-state index in [0.717, 1.165) is 18.5 Å². The van der Waals surface area contributed by atoms with Gasteiger partial charge in [0, 0.05) is 19.2 Å². The van der Waals surface area contributed by atoms with E-state index in [9.17, 15) is 13.2 Å². The second-order valence-corrected chi connectivity index (χ2v) is 7.78. The number of nitrogens with one attached hydrogen (secondary N) is 1. The first-order valence-corrected chi connectivity index (χ1v) is 9.56. The fraction of sp³-hybridized carbons (Fsp3) is 0.389. The van der Waals surface area contributed by atoms with Gasteiger partial charge < -0.3 is 9.88 Å². The average molecular weight is 348 g/mol. The lowest BCUT2D eigenvalue weighted by atomic mass is 10.3. The zero-order chi connectivity index (χ0) is 17.9. The van der Waals surface area contributed by atoms with Crippen LogP contribution >= 0.6 is 0 Å². The van der Waals surface area contributed by atoms with E-state index in [2.05, 4.69) is 12.2 Å². The first kappa shape index (κ1) is 18.3. The van der Waals surface area contributed by atoms with Crippen molar-refractivity contribution in [2.75, 3.05) is 5.32 Å². The van der Waals surface area contributed by atoms with Gasteiger partial charge in [0.15, 0.2) is 0 Å². The molecule has 1 heterocycles. The van der Waals surface area contributed by atoms with Gasteiger partial charge in [0.1, 0.15) is 10.7 Å². The SMILES string of the molecule is CCCCn1c(C)c(C)c(S(=O)(=O)c2ccccc2)c1NC(C)=O. The average Bonchev–Trinajstić information content (AvgIpc) is 2.77. The molecule has 1 aromatic heterocycles. The minimum Gasteiger partial charge on any atom is -0.331 e. The summed E-state index contributed by atoms with van der Waals surface area (Å²) in [6.45, 7) is 7.81. The molecule has 0 aliphatic carbocycles. The van der Waals surface area contributed by atoms with Gasteiger partial charge in [-0.3, -0.25) is 4.79 Å². The first-order valence-electron chi connectivity index (χ1n) is 8.08. The number of carbonyl (C=O) groups is 1. The second-order valence-electron chi connectivity index (χ2n) is 5.89. The van der Waals surface area contributed by atoms with E-state index in [1.807, 2.05) is 11.5 Å². The maximum atomic E-state index is 13.1. The Hall–Kier alpha value is -2.08. The number of amides is 1. The van der Waals surface area contributed by atoms with Crippen LogP contribution in [0, 0.1) is 13.8 Å². The molecule has 0 bridgehead atoms. The van der Waals surface area contributed by atoms with Gasteiger partial charge in [-0.05, 0) is 38.0 Å². The van der Waals surface area contributed by atoms with Crippen molar-refractivity contribution in [1.29, 1.82) is 0 Å². The molecule has 130 valence electrons. The molecular formula is C18H24N2O3S. The molecule has 0 radical (unpaired) electrons. The number of rotatable bonds is 6. The quantitative estimate of drug-likeness (QED) is 0.865. The van der Waals surface area contributed by atoms with Gasteiger partial charge in [0.05, 0.1) is 4.90 Å². The molecule has 0 atom stereocenters. The number of unbranched alkanes of at least 4 members (excludes halogenated alkanes) is 1. The predicted molar refractivity (Wildman–Crippen MR) is 95.0 cm³/mol. The summed E-state index contributed by atoms with van der Waals surface area (Å²) >= 11 is 0. The summed E-state index contributed by atoms with van der Waals surface area (Å²) in [6.07, 6.45) is 1.89.